The van der Waals surface area contributed by atoms with Gasteiger partial charge in [0.15, 0.2) is 0 Å². The van der Waals surface area contributed by atoms with E-state index in [9.17, 15) is 9.90 Å². The van der Waals surface area contributed by atoms with Gasteiger partial charge < -0.3 is 5.11 Å². The summed E-state index contributed by atoms with van der Waals surface area (Å²) in [7, 11) is 0. The van der Waals surface area contributed by atoms with Gasteiger partial charge in [-0.3, -0.25) is 9.69 Å². The van der Waals surface area contributed by atoms with E-state index in [4.69, 9.17) is 0 Å². The SMILES string of the molecule is CCCCCCCC(C)N1CCCC1(CC)C(=O)O. The minimum absolute atomic E-state index is 0.403. The van der Waals surface area contributed by atoms with Crippen LogP contribution in [0.25, 0.3) is 0 Å². The number of rotatable bonds is 9. The van der Waals surface area contributed by atoms with Crippen molar-refractivity contribution in [2.24, 2.45) is 0 Å². The van der Waals surface area contributed by atoms with E-state index in [0.29, 0.717) is 6.04 Å². The molecule has 19 heavy (non-hydrogen) atoms. The van der Waals surface area contributed by atoms with Crippen molar-refractivity contribution in [1.82, 2.24) is 4.90 Å². The Kier molecular flexibility index (Phi) is 6.84. The third kappa shape index (κ3) is 3.95. The molecule has 0 radical (unpaired) electrons. The fourth-order valence-electron chi connectivity index (χ4n) is 3.50. The van der Waals surface area contributed by atoms with Gasteiger partial charge in [0.05, 0.1) is 0 Å². The van der Waals surface area contributed by atoms with Crippen LogP contribution < -0.4 is 0 Å². The molecule has 1 rings (SSSR count). The third-order valence-electron chi connectivity index (χ3n) is 4.78. The molecule has 0 saturated carbocycles. The molecule has 3 heteroatoms. The van der Waals surface area contributed by atoms with Gasteiger partial charge in [0.2, 0.25) is 0 Å². The predicted octanol–water partition coefficient (Wildman–Crippen LogP) is 4.06. The third-order valence-corrected chi connectivity index (χ3v) is 4.78. The summed E-state index contributed by atoms with van der Waals surface area (Å²) in [5.74, 6) is -0.620. The maximum absolute atomic E-state index is 11.6. The molecule has 1 fully saturated rings. The molecule has 0 amide bonds. The summed E-state index contributed by atoms with van der Waals surface area (Å²) in [6, 6.07) is 0.403. The smallest absolute Gasteiger partial charge is 0.324 e. The molecule has 2 atom stereocenters. The van der Waals surface area contributed by atoms with Crippen LogP contribution in [0.3, 0.4) is 0 Å². The number of nitrogens with zero attached hydrogens (tertiary/aromatic N) is 1. The molecular weight excluding hydrogens is 238 g/mol. The Morgan fingerprint density at radius 1 is 1.26 bits per heavy atom. The minimum atomic E-state index is -0.620. The zero-order chi connectivity index (χ0) is 14.3. The van der Waals surface area contributed by atoms with Crippen molar-refractivity contribution in [2.45, 2.75) is 90.1 Å². The van der Waals surface area contributed by atoms with Gasteiger partial charge in [0.25, 0.3) is 0 Å². The maximum atomic E-state index is 11.6. The van der Waals surface area contributed by atoms with E-state index in [1.165, 1.54) is 32.1 Å². The van der Waals surface area contributed by atoms with Crippen LogP contribution in [-0.4, -0.2) is 34.1 Å². The van der Waals surface area contributed by atoms with E-state index in [1.54, 1.807) is 0 Å². The van der Waals surface area contributed by atoms with Crippen LogP contribution in [0.4, 0.5) is 0 Å². The quantitative estimate of drug-likeness (QED) is 0.642. The Bertz CT molecular complexity index is 280. The lowest BCUT2D eigenvalue weighted by atomic mass is 9.91. The Labute approximate surface area is 118 Å². The van der Waals surface area contributed by atoms with Crippen LogP contribution in [0.1, 0.15) is 78.6 Å². The molecule has 1 heterocycles. The maximum Gasteiger partial charge on any atom is 0.324 e. The average molecular weight is 269 g/mol. The highest BCUT2D eigenvalue weighted by atomic mass is 16.4. The zero-order valence-corrected chi connectivity index (χ0v) is 13.0. The monoisotopic (exact) mass is 269 g/mol. The van der Waals surface area contributed by atoms with Crippen molar-refractivity contribution in [3.63, 3.8) is 0 Å². The van der Waals surface area contributed by atoms with Gasteiger partial charge in [0.1, 0.15) is 5.54 Å². The van der Waals surface area contributed by atoms with Crippen LogP contribution >= 0.6 is 0 Å². The topological polar surface area (TPSA) is 40.5 Å². The minimum Gasteiger partial charge on any atom is -0.480 e. The lowest BCUT2D eigenvalue weighted by Gasteiger charge is -2.38. The highest BCUT2D eigenvalue weighted by Crippen LogP contribution is 2.35. The van der Waals surface area contributed by atoms with Crippen molar-refractivity contribution in [1.29, 1.82) is 0 Å². The molecule has 1 aliphatic heterocycles. The van der Waals surface area contributed by atoms with Crippen LogP contribution in [0, 0.1) is 0 Å². The number of carboxylic acid groups (broad SMARTS) is 1. The molecule has 0 spiro atoms. The van der Waals surface area contributed by atoms with Gasteiger partial charge in [-0.15, -0.1) is 0 Å². The number of likely N-dealkylation sites (tertiary alicyclic amines) is 1. The zero-order valence-electron chi connectivity index (χ0n) is 13.0. The Morgan fingerprint density at radius 2 is 1.95 bits per heavy atom. The fraction of sp³-hybridized carbons (Fsp3) is 0.938. The van der Waals surface area contributed by atoms with E-state index in [2.05, 4.69) is 18.7 Å². The summed E-state index contributed by atoms with van der Waals surface area (Å²) < 4.78 is 0. The largest absolute Gasteiger partial charge is 0.480 e. The van der Waals surface area contributed by atoms with Gasteiger partial charge in [-0.25, -0.2) is 0 Å². The first-order valence-electron chi connectivity index (χ1n) is 8.08. The van der Waals surface area contributed by atoms with Crippen molar-refractivity contribution in [3.05, 3.63) is 0 Å². The van der Waals surface area contributed by atoms with Gasteiger partial charge in [-0.2, -0.15) is 0 Å². The summed E-state index contributed by atoms with van der Waals surface area (Å²) in [5, 5.41) is 9.58. The summed E-state index contributed by atoms with van der Waals surface area (Å²) in [4.78, 5) is 13.9. The summed E-state index contributed by atoms with van der Waals surface area (Å²) in [5.41, 5.74) is -0.581. The molecule has 0 aromatic heterocycles. The number of carboxylic acids is 1. The first kappa shape index (κ1) is 16.5. The Morgan fingerprint density at radius 3 is 2.53 bits per heavy atom. The van der Waals surface area contributed by atoms with E-state index < -0.39 is 11.5 Å². The number of carbonyl (C=O) groups is 1. The van der Waals surface area contributed by atoms with E-state index in [0.717, 1.165) is 32.2 Å². The van der Waals surface area contributed by atoms with E-state index in [1.807, 2.05) is 6.92 Å². The van der Waals surface area contributed by atoms with E-state index >= 15 is 0 Å². The molecule has 0 aromatic carbocycles. The number of unbranched alkanes of at least 4 members (excludes halogenated alkanes) is 4. The number of hydrogen-bond acceptors (Lipinski definition) is 2. The number of hydrogen-bond donors (Lipinski definition) is 1. The lowest BCUT2D eigenvalue weighted by molar-refractivity contribution is -0.151. The van der Waals surface area contributed by atoms with Gasteiger partial charge in [-0.05, 0) is 39.2 Å². The highest BCUT2D eigenvalue weighted by molar-refractivity contribution is 5.79. The molecule has 1 N–H and O–H groups in total. The van der Waals surface area contributed by atoms with Crippen LogP contribution in [0.5, 0.6) is 0 Å². The van der Waals surface area contributed by atoms with Gasteiger partial charge in [0, 0.05) is 6.04 Å². The van der Waals surface area contributed by atoms with Crippen LogP contribution in [0.15, 0.2) is 0 Å². The summed E-state index contributed by atoms with van der Waals surface area (Å²) >= 11 is 0. The molecule has 0 aromatic rings. The van der Waals surface area contributed by atoms with Crippen LogP contribution in [-0.2, 0) is 4.79 Å². The average Bonchev–Trinajstić information content (AvgIpc) is 2.83. The summed E-state index contributed by atoms with van der Waals surface area (Å²) in [6.45, 7) is 7.41. The first-order valence-corrected chi connectivity index (χ1v) is 8.08. The lowest BCUT2D eigenvalue weighted by Crippen LogP contribution is -2.53. The normalized spacial score (nSPS) is 25.6. The predicted molar refractivity (Wildman–Crippen MR) is 79.4 cm³/mol. The molecule has 3 nitrogen and oxygen atoms in total. The molecule has 2 unspecified atom stereocenters. The van der Waals surface area contributed by atoms with Gasteiger partial charge in [-0.1, -0.05) is 46.0 Å². The molecule has 1 saturated heterocycles. The van der Waals surface area contributed by atoms with Crippen molar-refractivity contribution in [2.75, 3.05) is 6.54 Å². The summed E-state index contributed by atoms with van der Waals surface area (Å²) in [6.07, 6.45) is 10.2. The van der Waals surface area contributed by atoms with E-state index in [-0.39, 0.29) is 0 Å². The standard InChI is InChI=1S/C16H31NO2/c1-4-6-7-8-9-11-14(3)17-13-10-12-16(17,5-2)15(18)19/h14H,4-13H2,1-3H3,(H,18,19). The van der Waals surface area contributed by atoms with Crippen molar-refractivity contribution in [3.8, 4) is 0 Å². The Balaban J connectivity index is 2.46. The molecule has 1 aliphatic rings. The molecule has 0 bridgehead atoms. The van der Waals surface area contributed by atoms with Crippen LogP contribution in [0.2, 0.25) is 0 Å². The van der Waals surface area contributed by atoms with Crippen molar-refractivity contribution < 1.29 is 9.90 Å². The first-order chi connectivity index (χ1) is 9.08. The van der Waals surface area contributed by atoms with Crippen molar-refractivity contribution >= 4 is 5.97 Å². The number of aliphatic carboxylic acids is 1. The molecule has 0 aliphatic carbocycles. The van der Waals surface area contributed by atoms with Gasteiger partial charge >= 0.3 is 5.97 Å². The molecule has 112 valence electrons. The second kappa shape index (κ2) is 7.88. The fourth-order valence-corrected chi connectivity index (χ4v) is 3.50. The molecular formula is C16H31NO2. The Hall–Kier alpha value is -0.570. The second-order valence-electron chi connectivity index (χ2n) is 6.04. The highest BCUT2D eigenvalue weighted by Gasteiger charge is 2.47. The second-order valence-corrected chi connectivity index (χ2v) is 6.04.